The van der Waals surface area contributed by atoms with E-state index in [9.17, 15) is 9.18 Å². The Bertz CT molecular complexity index is 542. The van der Waals surface area contributed by atoms with Crippen molar-refractivity contribution in [1.82, 2.24) is 4.98 Å². The molecular formula is C13H9BrFNO. The van der Waals surface area contributed by atoms with Crippen LogP contribution in [0, 0.1) is 5.82 Å². The number of Topliss-reactive ketones (excluding diaryl/α,β-unsaturated/α-hetero) is 1. The number of aromatic nitrogens is 1. The second-order valence-electron chi connectivity index (χ2n) is 3.58. The van der Waals surface area contributed by atoms with Crippen LogP contribution in [0.1, 0.15) is 15.9 Å². The number of hydrogen-bond acceptors (Lipinski definition) is 2. The van der Waals surface area contributed by atoms with Crippen molar-refractivity contribution in [3.63, 3.8) is 0 Å². The molecule has 0 aliphatic carbocycles. The normalized spacial score (nSPS) is 10.2. The SMILES string of the molecule is O=C(Cc1ccncc1)c1cc(F)ccc1Br. The molecule has 1 aromatic heterocycles. The zero-order valence-corrected chi connectivity index (χ0v) is 10.4. The Kier molecular flexibility index (Phi) is 3.64. The number of benzene rings is 1. The second-order valence-corrected chi connectivity index (χ2v) is 4.43. The van der Waals surface area contributed by atoms with Crippen LogP contribution in [0.3, 0.4) is 0 Å². The number of hydrogen-bond donors (Lipinski definition) is 0. The highest BCUT2D eigenvalue weighted by molar-refractivity contribution is 9.10. The van der Waals surface area contributed by atoms with Crippen molar-refractivity contribution < 1.29 is 9.18 Å². The minimum Gasteiger partial charge on any atom is -0.294 e. The summed E-state index contributed by atoms with van der Waals surface area (Å²) in [7, 11) is 0. The molecule has 1 heterocycles. The number of carbonyl (C=O) groups is 1. The van der Waals surface area contributed by atoms with Gasteiger partial charge in [-0.1, -0.05) is 15.9 Å². The van der Waals surface area contributed by atoms with E-state index < -0.39 is 5.82 Å². The van der Waals surface area contributed by atoms with Gasteiger partial charge in [0, 0.05) is 28.9 Å². The van der Waals surface area contributed by atoms with Gasteiger partial charge in [0.15, 0.2) is 5.78 Å². The van der Waals surface area contributed by atoms with Crippen molar-refractivity contribution in [3.05, 3.63) is 64.1 Å². The Labute approximate surface area is 107 Å². The highest BCUT2D eigenvalue weighted by Gasteiger charge is 2.11. The largest absolute Gasteiger partial charge is 0.294 e. The molecule has 0 aliphatic heterocycles. The maximum Gasteiger partial charge on any atom is 0.168 e. The van der Waals surface area contributed by atoms with Crippen LogP contribution in [0.25, 0.3) is 0 Å². The van der Waals surface area contributed by atoms with Gasteiger partial charge >= 0.3 is 0 Å². The lowest BCUT2D eigenvalue weighted by molar-refractivity contribution is 0.0992. The summed E-state index contributed by atoms with van der Waals surface area (Å²) in [5.74, 6) is -0.533. The van der Waals surface area contributed by atoms with E-state index >= 15 is 0 Å². The molecule has 2 aromatic rings. The van der Waals surface area contributed by atoms with Crippen molar-refractivity contribution in [2.45, 2.75) is 6.42 Å². The van der Waals surface area contributed by atoms with Crippen LogP contribution in [-0.4, -0.2) is 10.8 Å². The van der Waals surface area contributed by atoms with E-state index in [0.29, 0.717) is 10.0 Å². The quantitative estimate of drug-likeness (QED) is 0.812. The van der Waals surface area contributed by atoms with E-state index in [1.807, 2.05) is 0 Å². The molecule has 1 aromatic carbocycles. The van der Waals surface area contributed by atoms with Crippen molar-refractivity contribution in [1.29, 1.82) is 0 Å². The number of carbonyl (C=O) groups excluding carboxylic acids is 1. The van der Waals surface area contributed by atoms with Gasteiger partial charge in [0.2, 0.25) is 0 Å². The lowest BCUT2D eigenvalue weighted by atomic mass is 10.0. The predicted molar refractivity (Wildman–Crippen MR) is 66.4 cm³/mol. The summed E-state index contributed by atoms with van der Waals surface area (Å²) >= 11 is 3.24. The number of halogens is 2. The van der Waals surface area contributed by atoms with Gasteiger partial charge in [0.05, 0.1) is 0 Å². The summed E-state index contributed by atoms with van der Waals surface area (Å²) in [5.41, 5.74) is 1.22. The Balaban J connectivity index is 2.23. The minimum absolute atomic E-state index is 0.123. The molecule has 0 saturated heterocycles. The fourth-order valence-corrected chi connectivity index (χ4v) is 1.96. The molecule has 0 atom stereocenters. The molecule has 0 radical (unpaired) electrons. The molecule has 0 unspecified atom stereocenters. The standard InChI is InChI=1S/C13H9BrFNO/c14-12-2-1-10(15)8-11(12)13(17)7-9-3-5-16-6-4-9/h1-6,8H,7H2. The molecule has 0 bridgehead atoms. The smallest absolute Gasteiger partial charge is 0.168 e. The van der Waals surface area contributed by atoms with Crippen LogP contribution in [-0.2, 0) is 6.42 Å². The first-order chi connectivity index (χ1) is 8.16. The Morgan fingerprint density at radius 1 is 1.24 bits per heavy atom. The molecule has 0 fully saturated rings. The Morgan fingerprint density at radius 3 is 2.65 bits per heavy atom. The third-order valence-electron chi connectivity index (χ3n) is 2.34. The highest BCUT2D eigenvalue weighted by atomic mass is 79.9. The fourth-order valence-electron chi connectivity index (χ4n) is 1.49. The van der Waals surface area contributed by atoms with E-state index in [2.05, 4.69) is 20.9 Å². The maximum absolute atomic E-state index is 13.1. The molecule has 0 amide bonds. The lowest BCUT2D eigenvalue weighted by Gasteiger charge is -2.04. The number of rotatable bonds is 3. The fraction of sp³-hybridized carbons (Fsp3) is 0.0769. The van der Waals surface area contributed by atoms with Crippen molar-refractivity contribution >= 4 is 21.7 Å². The third-order valence-corrected chi connectivity index (χ3v) is 3.03. The lowest BCUT2D eigenvalue weighted by Crippen LogP contribution is -2.05. The van der Waals surface area contributed by atoms with Gasteiger partial charge in [-0.25, -0.2) is 4.39 Å². The summed E-state index contributed by atoms with van der Waals surface area (Å²) < 4.78 is 13.7. The van der Waals surface area contributed by atoms with Crippen molar-refractivity contribution in [2.75, 3.05) is 0 Å². The van der Waals surface area contributed by atoms with Crippen molar-refractivity contribution in [3.8, 4) is 0 Å². The molecule has 4 heteroatoms. The van der Waals surface area contributed by atoms with E-state index in [0.717, 1.165) is 5.56 Å². The number of ketones is 1. The second kappa shape index (κ2) is 5.19. The number of nitrogens with zero attached hydrogens (tertiary/aromatic N) is 1. The van der Waals surface area contributed by atoms with Crippen molar-refractivity contribution in [2.24, 2.45) is 0 Å². The molecule has 2 nitrogen and oxygen atoms in total. The molecular weight excluding hydrogens is 285 g/mol. The Hall–Kier alpha value is -1.55. The van der Waals surface area contributed by atoms with E-state index in [1.165, 1.54) is 18.2 Å². The first kappa shape index (κ1) is 11.9. The summed E-state index contributed by atoms with van der Waals surface area (Å²) in [6.45, 7) is 0. The van der Waals surface area contributed by atoms with E-state index in [4.69, 9.17) is 0 Å². The first-order valence-corrected chi connectivity index (χ1v) is 5.83. The number of pyridine rings is 1. The molecule has 2 rings (SSSR count). The van der Waals surface area contributed by atoms with Crippen LogP contribution < -0.4 is 0 Å². The molecule has 17 heavy (non-hydrogen) atoms. The van der Waals surface area contributed by atoms with Gasteiger partial charge in [0.25, 0.3) is 0 Å². The van der Waals surface area contributed by atoms with E-state index in [1.54, 1.807) is 24.5 Å². The van der Waals surface area contributed by atoms with Crippen LogP contribution in [0.2, 0.25) is 0 Å². The van der Waals surface area contributed by atoms with Crippen LogP contribution in [0.4, 0.5) is 4.39 Å². The monoisotopic (exact) mass is 293 g/mol. The van der Waals surface area contributed by atoms with Crippen LogP contribution in [0.5, 0.6) is 0 Å². The first-order valence-electron chi connectivity index (χ1n) is 5.04. The van der Waals surface area contributed by atoms with Gasteiger partial charge < -0.3 is 0 Å². The van der Waals surface area contributed by atoms with Crippen LogP contribution in [0.15, 0.2) is 47.2 Å². The predicted octanol–water partition coefficient (Wildman–Crippen LogP) is 3.41. The summed E-state index contributed by atoms with van der Waals surface area (Å²) in [5, 5.41) is 0. The van der Waals surface area contributed by atoms with Gasteiger partial charge in [-0.15, -0.1) is 0 Å². The van der Waals surface area contributed by atoms with Gasteiger partial charge in [0.1, 0.15) is 5.82 Å². The molecule has 86 valence electrons. The minimum atomic E-state index is -0.411. The van der Waals surface area contributed by atoms with Gasteiger partial charge in [-0.3, -0.25) is 9.78 Å². The molecule has 0 N–H and O–H groups in total. The zero-order chi connectivity index (χ0) is 12.3. The van der Waals surface area contributed by atoms with E-state index in [-0.39, 0.29) is 12.2 Å². The molecule has 0 spiro atoms. The maximum atomic E-state index is 13.1. The molecule has 0 aliphatic rings. The molecule has 0 saturated carbocycles. The average Bonchev–Trinajstić information content (AvgIpc) is 2.33. The van der Waals surface area contributed by atoms with Crippen LogP contribution >= 0.6 is 15.9 Å². The third kappa shape index (κ3) is 2.97. The average molecular weight is 294 g/mol. The summed E-state index contributed by atoms with van der Waals surface area (Å²) in [4.78, 5) is 15.8. The Morgan fingerprint density at radius 2 is 1.94 bits per heavy atom. The highest BCUT2D eigenvalue weighted by Crippen LogP contribution is 2.19. The summed E-state index contributed by atoms with van der Waals surface area (Å²) in [6, 6.07) is 7.63. The topological polar surface area (TPSA) is 30.0 Å². The van der Waals surface area contributed by atoms with Gasteiger partial charge in [-0.2, -0.15) is 0 Å². The zero-order valence-electron chi connectivity index (χ0n) is 8.86. The van der Waals surface area contributed by atoms with Gasteiger partial charge in [-0.05, 0) is 35.9 Å². The summed E-state index contributed by atoms with van der Waals surface area (Å²) in [6.07, 6.45) is 3.50.